The van der Waals surface area contributed by atoms with E-state index in [2.05, 4.69) is 15.6 Å². The fraction of sp³-hybridized carbons (Fsp3) is 0.400. The SMILES string of the molecule is CCC(=O)N1CCCC(C(=O)Nc2nc(-c3ccc(NC(C)=O)cc3)cs2)C1. The van der Waals surface area contributed by atoms with Crippen LogP contribution in [0.5, 0.6) is 0 Å². The third-order valence-corrected chi connectivity index (χ3v) is 5.44. The van der Waals surface area contributed by atoms with Crippen LogP contribution in [0.4, 0.5) is 10.8 Å². The Kier molecular flexibility index (Phi) is 6.41. The Morgan fingerprint density at radius 1 is 1.21 bits per heavy atom. The average Bonchev–Trinajstić information content (AvgIpc) is 3.16. The predicted octanol–water partition coefficient (Wildman–Crippen LogP) is 3.36. The van der Waals surface area contributed by atoms with Crippen molar-refractivity contribution in [1.82, 2.24) is 9.88 Å². The lowest BCUT2D eigenvalue weighted by atomic mass is 9.97. The van der Waals surface area contributed by atoms with Gasteiger partial charge in [0.05, 0.1) is 11.6 Å². The van der Waals surface area contributed by atoms with E-state index in [4.69, 9.17) is 0 Å². The van der Waals surface area contributed by atoms with Gasteiger partial charge in [-0.3, -0.25) is 14.4 Å². The monoisotopic (exact) mass is 400 g/mol. The molecule has 1 aliphatic rings. The second-order valence-corrected chi connectivity index (χ2v) is 7.68. The van der Waals surface area contributed by atoms with E-state index in [1.807, 2.05) is 36.6 Å². The van der Waals surface area contributed by atoms with E-state index < -0.39 is 0 Å². The zero-order valence-electron chi connectivity index (χ0n) is 16.0. The maximum absolute atomic E-state index is 12.6. The molecule has 1 aromatic carbocycles. The largest absolute Gasteiger partial charge is 0.342 e. The fourth-order valence-electron chi connectivity index (χ4n) is 3.24. The molecule has 1 fully saturated rings. The number of nitrogens with one attached hydrogen (secondary N) is 2. The van der Waals surface area contributed by atoms with Gasteiger partial charge in [0.25, 0.3) is 0 Å². The first-order valence-corrected chi connectivity index (χ1v) is 10.3. The van der Waals surface area contributed by atoms with Crippen LogP contribution in [-0.4, -0.2) is 40.7 Å². The summed E-state index contributed by atoms with van der Waals surface area (Å²) in [4.78, 5) is 41.9. The molecule has 0 spiro atoms. The summed E-state index contributed by atoms with van der Waals surface area (Å²) in [6.45, 7) is 4.51. The molecule has 1 unspecified atom stereocenters. The quantitative estimate of drug-likeness (QED) is 0.805. The highest BCUT2D eigenvalue weighted by Crippen LogP contribution is 2.27. The molecule has 1 aliphatic heterocycles. The van der Waals surface area contributed by atoms with Gasteiger partial charge < -0.3 is 15.5 Å². The van der Waals surface area contributed by atoms with Crippen molar-refractivity contribution in [2.24, 2.45) is 5.92 Å². The molecule has 1 atom stereocenters. The second kappa shape index (κ2) is 8.97. The van der Waals surface area contributed by atoms with Crippen LogP contribution in [0.15, 0.2) is 29.6 Å². The lowest BCUT2D eigenvalue weighted by molar-refractivity contribution is -0.134. The molecule has 0 radical (unpaired) electrons. The maximum Gasteiger partial charge on any atom is 0.231 e. The van der Waals surface area contributed by atoms with Crippen LogP contribution in [0, 0.1) is 5.92 Å². The number of nitrogens with zero attached hydrogens (tertiary/aromatic N) is 2. The number of carbonyl (C=O) groups excluding carboxylic acids is 3. The molecule has 1 aromatic heterocycles. The average molecular weight is 401 g/mol. The summed E-state index contributed by atoms with van der Waals surface area (Å²) in [6.07, 6.45) is 2.08. The Hall–Kier alpha value is -2.74. The number of benzene rings is 1. The molecule has 0 saturated carbocycles. The van der Waals surface area contributed by atoms with Gasteiger partial charge in [0.1, 0.15) is 0 Å². The summed E-state index contributed by atoms with van der Waals surface area (Å²) in [5, 5.41) is 8.05. The molecule has 0 aliphatic carbocycles. The van der Waals surface area contributed by atoms with Crippen LogP contribution in [-0.2, 0) is 14.4 Å². The highest BCUT2D eigenvalue weighted by atomic mass is 32.1. The normalized spacial score (nSPS) is 16.5. The van der Waals surface area contributed by atoms with Crippen LogP contribution >= 0.6 is 11.3 Å². The van der Waals surface area contributed by atoms with E-state index in [0.717, 1.165) is 36.3 Å². The van der Waals surface area contributed by atoms with E-state index >= 15 is 0 Å². The molecule has 8 heteroatoms. The first-order chi connectivity index (χ1) is 13.5. The third kappa shape index (κ3) is 4.95. The van der Waals surface area contributed by atoms with Gasteiger partial charge in [-0.15, -0.1) is 11.3 Å². The first kappa shape index (κ1) is 20.0. The molecule has 2 heterocycles. The van der Waals surface area contributed by atoms with Gasteiger partial charge in [-0.25, -0.2) is 4.98 Å². The first-order valence-electron chi connectivity index (χ1n) is 9.38. The molecule has 3 amide bonds. The van der Waals surface area contributed by atoms with Gasteiger partial charge in [-0.05, 0) is 25.0 Å². The Labute approximate surface area is 168 Å². The Morgan fingerprint density at radius 3 is 2.64 bits per heavy atom. The van der Waals surface area contributed by atoms with Crippen LogP contribution < -0.4 is 10.6 Å². The highest BCUT2D eigenvalue weighted by Gasteiger charge is 2.28. The van der Waals surface area contributed by atoms with Crippen molar-refractivity contribution >= 4 is 39.9 Å². The molecule has 2 N–H and O–H groups in total. The van der Waals surface area contributed by atoms with Crippen molar-refractivity contribution in [1.29, 1.82) is 0 Å². The molecule has 3 rings (SSSR count). The summed E-state index contributed by atoms with van der Waals surface area (Å²) in [5.41, 5.74) is 2.40. The number of anilines is 2. The summed E-state index contributed by atoms with van der Waals surface area (Å²) in [5.74, 6) is -0.311. The van der Waals surface area contributed by atoms with Crippen molar-refractivity contribution in [3.63, 3.8) is 0 Å². The molecule has 1 saturated heterocycles. The minimum Gasteiger partial charge on any atom is -0.342 e. The predicted molar refractivity (Wildman–Crippen MR) is 110 cm³/mol. The summed E-state index contributed by atoms with van der Waals surface area (Å²) in [6, 6.07) is 7.38. The van der Waals surface area contributed by atoms with Crippen molar-refractivity contribution in [3.8, 4) is 11.3 Å². The topological polar surface area (TPSA) is 91.4 Å². The number of rotatable bonds is 5. The van der Waals surface area contributed by atoms with E-state index in [1.54, 1.807) is 4.90 Å². The number of likely N-dealkylation sites (tertiary alicyclic amines) is 1. The molecule has 28 heavy (non-hydrogen) atoms. The maximum atomic E-state index is 12.6. The van der Waals surface area contributed by atoms with Gasteiger partial charge in [0.2, 0.25) is 17.7 Å². The third-order valence-electron chi connectivity index (χ3n) is 4.68. The summed E-state index contributed by atoms with van der Waals surface area (Å²) in [7, 11) is 0. The zero-order chi connectivity index (χ0) is 20.1. The minimum absolute atomic E-state index is 0.0875. The van der Waals surface area contributed by atoms with Crippen LogP contribution in [0.25, 0.3) is 11.3 Å². The van der Waals surface area contributed by atoms with Gasteiger partial charge in [-0.2, -0.15) is 0 Å². The molecule has 7 nitrogen and oxygen atoms in total. The lowest BCUT2D eigenvalue weighted by Crippen LogP contribution is -2.43. The van der Waals surface area contributed by atoms with Crippen molar-refractivity contribution in [2.75, 3.05) is 23.7 Å². The number of amides is 3. The van der Waals surface area contributed by atoms with E-state index in [9.17, 15) is 14.4 Å². The number of carbonyl (C=O) groups is 3. The van der Waals surface area contributed by atoms with Crippen LogP contribution in [0.2, 0.25) is 0 Å². The number of thiazole rings is 1. The zero-order valence-corrected chi connectivity index (χ0v) is 16.8. The van der Waals surface area contributed by atoms with Gasteiger partial charge in [0, 0.05) is 43.1 Å². The smallest absolute Gasteiger partial charge is 0.231 e. The lowest BCUT2D eigenvalue weighted by Gasteiger charge is -2.31. The fourth-order valence-corrected chi connectivity index (χ4v) is 3.96. The summed E-state index contributed by atoms with van der Waals surface area (Å²) < 4.78 is 0. The van der Waals surface area contributed by atoms with E-state index in [1.165, 1.54) is 18.3 Å². The molecular formula is C20H24N4O3S. The molecular weight excluding hydrogens is 376 g/mol. The van der Waals surface area contributed by atoms with E-state index in [0.29, 0.717) is 18.1 Å². The molecule has 0 bridgehead atoms. The second-order valence-electron chi connectivity index (χ2n) is 6.82. The Morgan fingerprint density at radius 2 is 1.96 bits per heavy atom. The van der Waals surface area contributed by atoms with Crippen molar-refractivity contribution in [2.45, 2.75) is 33.1 Å². The number of hydrogen-bond acceptors (Lipinski definition) is 5. The number of piperidine rings is 1. The summed E-state index contributed by atoms with van der Waals surface area (Å²) >= 11 is 1.37. The minimum atomic E-state index is -0.200. The molecule has 2 aromatic rings. The van der Waals surface area contributed by atoms with Crippen molar-refractivity contribution in [3.05, 3.63) is 29.6 Å². The Bertz CT molecular complexity index is 863. The van der Waals surface area contributed by atoms with Gasteiger partial charge >= 0.3 is 0 Å². The van der Waals surface area contributed by atoms with Gasteiger partial charge in [0.15, 0.2) is 5.13 Å². The van der Waals surface area contributed by atoms with Crippen molar-refractivity contribution < 1.29 is 14.4 Å². The van der Waals surface area contributed by atoms with E-state index in [-0.39, 0.29) is 23.6 Å². The Balaban J connectivity index is 1.61. The molecule has 148 valence electrons. The number of hydrogen-bond donors (Lipinski definition) is 2. The van der Waals surface area contributed by atoms with Gasteiger partial charge in [-0.1, -0.05) is 19.1 Å². The highest BCUT2D eigenvalue weighted by molar-refractivity contribution is 7.14. The standard InChI is InChI=1S/C20H24N4O3S/c1-3-18(26)24-10-4-5-15(11-24)19(27)23-20-22-17(12-28-20)14-6-8-16(9-7-14)21-13(2)25/h6-9,12,15H,3-5,10-11H2,1-2H3,(H,21,25)(H,22,23,27). The van der Waals surface area contributed by atoms with Crippen LogP contribution in [0.3, 0.4) is 0 Å². The van der Waals surface area contributed by atoms with Crippen LogP contribution in [0.1, 0.15) is 33.1 Å². The number of aromatic nitrogens is 1.